The molecule has 0 bridgehead atoms. The van der Waals surface area contributed by atoms with E-state index in [9.17, 15) is 26.3 Å². The molecule has 0 aliphatic rings. The van der Waals surface area contributed by atoms with Gasteiger partial charge in [0.1, 0.15) is 6.33 Å². The molecule has 108 valence electrons. The molecule has 0 atom stereocenters. The van der Waals surface area contributed by atoms with E-state index in [4.69, 9.17) is 5.73 Å². The van der Waals surface area contributed by atoms with Gasteiger partial charge in [0.05, 0.1) is 7.11 Å². The highest BCUT2D eigenvalue weighted by Gasteiger charge is 2.59. The molecule has 5 nitrogen and oxygen atoms in total. The normalized spacial score (nSPS) is 12.6. The fourth-order valence-electron chi connectivity index (χ4n) is 1.05. The average molecular weight is 291 g/mol. The van der Waals surface area contributed by atoms with Crippen LogP contribution in [0.1, 0.15) is 0 Å². The highest BCUT2D eigenvalue weighted by molar-refractivity contribution is 5.55. The van der Waals surface area contributed by atoms with Crippen LogP contribution in [0.3, 0.4) is 0 Å². The zero-order chi connectivity index (χ0) is 14.8. The smallest absolute Gasteiger partial charge is 0.434 e. The molecule has 0 fully saturated rings. The summed E-state index contributed by atoms with van der Waals surface area (Å²) >= 11 is 0. The van der Waals surface area contributed by atoms with Crippen molar-refractivity contribution in [3.8, 4) is 11.8 Å². The van der Waals surface area contributed by atoms with Crippen molar-refractivity contribution in [2.24, 2.45) is 0 Å². The summed E-state index contributed by atoms with van der Waals surface area (Å²) in [6.07, 6.45) is -14.7. The van der Waals surface area contributed by atoms with Crippen molar-refractivity contribution < 1.29 is 35.8 Å². The number of hydrogen-bond donors (Lipinski definition) is 1. The van der Waals surface area contributed by atoms with Crippen LogP contribution in [0.2, 0.25) is 0 Å². The molecule has 19 heavy (non-hydrogen) atoms. The fourth-order valence-corrected chi connectivity index (χ4v) is 1.05. The zero-order valence-electron chi connectivity index (χ0n) is 9.21. The van der Waals surface area contributed by atoms with Crippen LogP contribution in [-0.4, -0.2) is 35.5 Å². The maximum Gasteiger partial charge on any atom is 0.434 e. The fraction of sp³-hybridized carbons (Fsp3) is 0.500. The van der Waals surface area contributed by atoms with E-state index in [1.165, 1.54) is 0 Å². The lowest BCUT2D eigenvalue weighted by molar-refractivity contribution is -0.300. The van der Waals surface area contributed by atoms with Gasteiger partial charge in [0, 0.05) is 0 Å². The van der Waals surface area contributed by atoms with Crippen molar-refractivity contribution in [2.75, 3.05) is 12.8 Å². The largest absolute Gasteiger partial charge is 0.479 e. The molecule has 0 amide bonds. The van der Waals surface area contributed by atoms with E-state index in [0.717, 1.165) is 7.11 Å². The topological polar surface area (TPSA) is 70.3 Å². The number of nitrogen functional groups attached to an aromatic ring is 1. The predicted molar refractivity (Wildman–Crippen MR) is 49.5 cm³/mol. The Kier molecular flexibility index (Phi) is 3.96. The Morgan fingerprint density at radius 2 is 1.53 bits per heavy atom. The molecule has 0 aliphatic carbocycles. The van der Waals surface area contributed by atoms with Crippen LogP contribution in [0.15, 0.2) is 6.33 Å². The second-order valence-electron chi connectivity index (χ2n) is 3.18. The third kappa shape index (κ3) is 3.51. The number of aromatic nitrogens is 2. The van der Waals surface area contributed by atoms with Crippen molar-refractivity contribution >= 4 is 5.69 Å². The summed E-state index contributed by atoms with van der Waals surface area (Å²) in [5.41, 5.74) is 4.56. The van der Waals surface area contributed by atoms with Gasteiger partial charge >= 0.3 is 12.4 Å². The molecule has 1 aromatic rings. The Balaban J connectivity index is 3.11. The van der Waals surface area contributed by atoms with Gasteiger partial charge in [0.2, 0.25) is 11.8 Å². The lowest BCUT2D eigenvalue weighted by Gasteiger charge is -2.23. The molecular formula is C8H7F6N3O2. The average Bonchev–Trinajstić information content (AvgIpc) is 2.24. The van der Waals surface area contributed by atoms with Crippen LogP contribution in [0, 0.1) is 0 Å². The van der Waals surface area contributed by atoms with Gasteiger partial charge < -0.3 is 15.2 Å². The van der Waals surface area contributed by atoms with Crippen LogP contribution < -0.4 is 15.2 Å². The molecule has 11 heteroatoms. The van der Waals surface area contributed by atoms with Crippen LogP contribution >= 0.6 is 0 Å². The van der Waals surface area contributed by atoms with Crippen molar-refractivity contribution in [2.45, 2.75) is 18.5 Å². The first-order valence-corrected chi connectivity index (χ1v) is 4.52. The number of anilines is 1. The molecule has 0 aliphatic heterocycles. The molecular weight excluding hydrogens is 284 g/mol. The summed E-state index contributed by atoms with van der Waals surface area (Å²) in [6.45, 7) is 0. The zero-order valence-corrected chi connectivity index (χ0v) is 9.21. The first-order chi connectivity index (χ1) is 8.57. The van der Waals surface area contributed by atoms with Crippen LogP contribution in [0.5, 0.6) is 11.8 Å². The van der Waals surface area contributed by atoms with E-state index >= 15 is 0 Å². The minimum atomic E-state index is -5.66. The SMILES string of the molecule is COc1ncnc(OC(C(F)(F)F)C(F)(F)F)c1N. The second-order valence-corrected chi connectivity index (χ2v) is 3.18. The summed E-state index contributed by atoms with van der Waals surface area (Å²) < 4.78 is 81.9. The third-order valence-electron chi connectivity index (χ3n) is 1.83. The first kappa shape index (κ1) is 15.1. The maximum absolute atomic E-state index is 12.3. The highest BCUT2D eigenvalue weighted by atomic mass is 19.4. The number of rotatable bonds is 3. The van der Waals surface area contributed by atoms with Gasteiger partial charge in [0.25, 0.3) is 6.10 Å². The molecule has 0 spiro atoms. The van der Waals surface area contributed by atoms with Crippen LogP contribution in [-0.2, 0) is 0 Å². The first-order valence-electron chi connectivity index (χ1n) is 4.52. The summed E-state index contributed by atoms with van der Waals surface area (Å²) in [7, 11) is 1.08. The predicted octanol–water partition coefficient (Wildman–Crippen LogP) is 1.94. The van der Waals surface area contributed by atoms with Gasteiger partial charge in [-0.15, -0.1) is 0 Å². The minimum absolute atomic E-state index is 0.395. The molecule has 1 aromatic heterocycles. The molecule has 0 unspecified atom stereocenters. The van der Waals surface area contributed by atoms with E-state index in [2.05, 4.69) is 19.4 Å². The number of nitrogens with two attached hydrogens (primary N) is 1. The van der Waals surface area contributed by atoms with E-state index in [0.29, 0.717) is 6.33 Å². The Bertz CT molecular complexity index is 433. The summed E-state index contributed by atoms with van der Waals surface area (Å²) in [4.78, 5) is 6.50. The van der Waals surface area contributed by atoms with E-state index < -0.39 is 35.9 Å². The van der Waals surface area contributed by atoms with Crippen molar-refractivity contribution in [1.29, 1.82) is 0 Å². The van der Waals surface area contributed by atoms with Crippen molar-refractivity contribution in [3.63, 3.8) is 0 Å². The molecule has 1 rings (SSSR count). The number of ether oxygens (including phenoxy) is 2. The van der Waals surface area contributed by atoms with E-state index in [1.54, 1.807) is 0 Å². The number of methoxy groups -OCH3 is 1. The lowest BCUT2D eigenvalue weighted by atomic mass is 10.3. The summed E-state index contributed by atoms with van der Waals surface area (Å²) in [6, 6.07) is 0. The van der Waals surface area contributed by atoms with Gasteiger partial charge in [-0.3, -0.25) is 0 Å². The molecule has 0 saturated heterocycles. The third-order valence-corrected chi connectivity index (χ3v) is 1.83. The number of halogens is 6. The number of alkyl halides is 6. The van der Waals surface area contributed by atoms with Crippen molar-refractivity contribution in [1.82, 2.24) is 9.97 Å². The molecule has 0 saturated carbocycles. The highest BCUT2D eigenvalue weighted by Crippen LogP contribution is 2.38. The Labute approximate surface area is 102 Å². The Morgan fingerprint density at radius 3 is 1.95 bits per heavy atom. The van der Waals surface area contributed by atoms with E-state index in [-0.39, 0.29) is 0 Å². The maximum atomic E-state index is 12.3. The minimum Gasteiger partial charge on any atom is -0.479 e. The Hall–Kier alpha value is -1.94. The van der Waals surface area contributed by atoms with Crippen molar-refractivity contribution in [3.05, 3.63) is 6.33 Å². The summed E-state index contributed by atoms with van der Waals surface area (Å²) in [5.74, 6) is -1.46. The number of hydrogen-bond acceptors (Lipinski definition) is 5. The van der Waals surface area contributed by atoms with E-state index in [1.807, 2.05) is 0 Å². The van der Waals surface area contributed by atoms with Crippen LogP contribution in [0.25, 0.3) is 0 Å². The molecule has 0 aromatic carbocycles. The van der Waals surface area contributed by atoms with Gasteiger partial charge in [-0.05, 0) is 0 Å². The van der Waals surface area contributed by atoms with Gasteiger partial charge in [-0.1, -0.05) is 0 Å². The van der Waals surface area contributed by atoms with Crippen LogP contribution in [0.4, 0.5) is 32.0 Å². The lowest BCUT2D eigenvalue weighted by Crippen LogP contribution is -2.46. The number of nitrogens with zero attached hydrogens (tertiary/aromatic N) is 2. The second kappa shape index (κ2) is 4.97. The molecule has 1 heterocycles. The molecule has 2 N–H and O–H groups in total. The Morgan fingerprint density at radius 1 is 1.05 bits per heavy atom. The van der Waals surface area contributed by atoms with Gasteiger partial charge in [0.15, 0.2) is 5.69 Å². The van der Waals surface area contributed by atoms with Gasteiger partial charge in [-0.2, -0.15) is 36.3 Å². The monoisotopic (exact) mass is 291 g/mol. The quantitative estimate of drug-likeness (QED) is 0.862. The molecule has 0 radical (unpaired) electrons. The standard InChI is InChI=1S/C8H7F6N3O2/c1-18-4-3(15)5(17-2-16-4)19-6(7(9,10)11)8(12,13)14/h2,6H,15H2,1H3. The summed E-state index contributed by atoms with van der Waals surface area (Å²) in [5, 5.41) is 0. The van der Waals surface area contributed by atoms with Gasteiger partial charge in [-0.25, -0.2) is 0 Å².